The molecule has 1 aromatic carbocycles. The summed E-state index contributed by atoms with van der Waals surface area (Å²) < 4.78 is 15.5. The Kier molecular flexibility index (Phi) is 5.80. The lowest BCUT2D eigenvalue weighted by Gasteiger charge is -2.03. The molecular weight excluding hydrogens is 358 g/mol. The van der Waals surface area contributed by atoms with Crippen molar-refractivity contribution in [3.8, 4) is 17.1 Å². The number of halogens is 1. The zero-order valence-corrected chi connectivity index (χ0v) is 14.8. The standard InChI is InChI=1S/C18H16ClN3O4/c1-24-14-5-3-13(4-6-14)18-21-16(26-22-18)8-9-17(23)25-11-12-2-7-15(19)20-10-12/h2-7,10H,8-9,11H2,1H3. The fourth-order valence-electron chi connectivity index (χ4n) is 2.15. The number of rotatable bonds is 7. The third-order valence-electron chi connectivity index (χ3n) is 3.55. The summed E-state index contributed by atoms with van der Waals surface area (Å²) in [6, 6.07) is 10.7. The summed E-state index contributed by atoms with van der Waals surface area (Å²) in [6.45, 7) is 0.143. The molecule has 0 fully saturated rings. The van der Waals surface area contributed by atoms with Crippen molar-refractivity contribution in [3.05, 3.63) is 59.2 Å². The highest BCUT2D eigenvalue weighted by Crippen LogP contribution is 2.20. The Hall–Kier alpha value is -2.93. The average molecular weight is 374 g/mol. The molecule has 0 unspecified atom stereocenters. The van der Waals surface area contributed by atoms with Gasteiger partial charge in [0.05, 0.1) is 13.5 Å². The van der Waals surface area contributed by atoms with E-state index in [1.165, 1.54) is 0 Å². The lowest BCUT2D eigenvalue weighted by Crippen LogP contribution is -2.06. The maximum absolute atomic E-state index is 11.8. The molecule has 0 aliphatic heterocycles. The van der Waals surface area contributed by atoms with Crippen LogP contribution in [-0.4, -0.2) is 28.2 Å². The minimum Gasteiger partial charge on any atom is -0.497 e. The Balaban J connectivity index is 1.49. The number of carbonyl (C=O) groups is 1. The van der Waals surface area contributed by atoms with E-state index in [9.17, 15) is 4.79 Å². The van der Waals surface area contributed by atoms with Gasteiger partial charge in [-0.25, -0.2) is 4.98 Å². The molecule has 26 heavy (non-hydrogen) atoms. The third kappa shape index (κ3) is 4.80. The van der Waals surface area contributed by atoms with Crippen LogP contribution in [0.4, 0.5) is 0 Å². The Bertz CT molecular complexity index is 863. The van der Waals surface area contributed by atoms with Gasteiger partial charge < -0.3 is 14.0 Å². The second kappa shape index (κ2) is 8.44. The zero-order valence-electron chi connectivity index (χ0n) is 14.0. The Morgan fingerprint density at radius 3 is 2.69 bits per heavy atom. The molecule has 2 aromatic heterocycles. The van der Waals surface area contributed by atoms with Gasteiger partial charge in [-0.1, -0.05) is 22.8 Å². The van der Waals surface area contributed by atoms with Gasteiger partial charge in [-0.15, -0.1) is 0 Å². The van der Waals surface area contributed by atoms with E-state index in [2.05, 4.69) is 15.1 Å². The second-order valence-electron chi connectivity index (χ2n) is 5.39. The number of pyridine rings is 1. The predicted molar refractivity (Wildman–Crippen MR) is 93.7 cm³/mol. The Morgan fingerprint density at radius 1 is 1.19 bits per heavy atom. The van der Waals surface area contributed by atoms with E-state index >= 15 is 0 Å². The first-order valence-corrected chi connectivity index (χ1v) is 8.25. The van der Waals surface area contributed by atoms with Crippen LogP contribution in [0.2, 0.25) is 5.15 Å². The van der Waals surface area contributed by atoms with E-state index in [1.807, 2.05) is 24.3 Å². The summed E-state index contributed by atoms with van der Waals surface area (Å²) in [5.74, 6) is 1.23. The Morgan fingerprint density at radius 2 is 2.00 bits per heavy atom. The van der Waals surface area contributed by atoms with Gasteiger partial charge >= 0.3 is 5.97 Å². The van der Waals surface area contributed by atoms with Crippen LogP contribution in [0.15, 0.2) is 47.1 Å². The van der Waals surface area contributed by atoms with Gasteiger partial charge in [0.1, 0.15) is 17.5 Å². The summed E-state index contributed by atoms with van der Waals surface area (Å²) in [7, 11) is 1.60. The molecule has 8 heteroatoms. The van der Waals surface area contributed by atoms with Gasteiger partial charge in [-0.05, 0) is 30.3 Å². The van der Waals surface area contributed by atoms with E-state index in [0.29, 0.717) is 23.3 Å². The maximum atomic E-state index is 11.8. The third-order valence-corrected chi connectivity index (χ3v) is 3.77. The monoisotopic (exact) mass is 373 g/mol. The number of aryl methyl sites for hydroxylation is 1. The van der Waals surface area contributed by atoms with Crippen molar-refractivity contribution in [3.63, 3.8) is 0 Å². The molecule has 2 heterocycles. The molecule has 0 N–H and O–H groups in total. The molecule has 0 bridgehead atoms. The number of hydrogen-bond acceptors (Lipinski definition) is 7. The molecule has 0 radical (unpaired) electrons. The number of benzene rings is 1. The van der Waals surface area contributed by atoms with E-state index in [4.69, 9.17) is 25.6 Å². The first-order chi connectivity index (χ1) is 12.6. The summed E-state index contributed by atoms with van der Waals surface area (Å²) >= 11 is 5.70. The number of hydrogen-bond donors (Lipinski definition) is 0. The van der Waals surface area contributed by atoms with Crippen LogP contribution in [-0.2, 0) is 22.6 Å². The molecule has 0 aliphatic carbocycles. The minimum absolute atomic E-state index is 0.143. The van der Waals surface area contributed by atoms with Crippen molar-refractivity contribution in [2.45, 2.75) is 19.4 Å². The van der Waals surface area contributed by atoms with Gasteiger partial charge in [-0.2, -0.15) is 4.98 Å². The maximum Gasteiger partial charge on any atom is 0.306 e. The Labute approximate surface area is 154 Å². The minimum atomic E-state index is -0.357. The highest BCUT2D eigenvalue weighted by atomic mass is 35.5. The van der Waals surface area contributed by atoms with Crippen molar-refractivity contribution in [2.24, 2.45) is 0 Å². The van der Waals surface area contributed by atoms with E-state index in [-0.39, 0.29) is 19.0 Å². The number of methoxy groups -OCH3 is 1. The summed E-state index contributed by atoms with van der Waals surface area (Å²) in [6.07, 6.45) is 2.01. The van der Waals surface area contributed by atoms with Crippen molar-refractivity contribution in [1.82, 2.24) is 15.1 Å². The van der Waals surface area contributed by atoms with Crippen molar-refractivity contribution in [1.29, 1.82) is 0 Å². The van der Waals surface area contributed by atoms with Crippen molar-refractivity contribution in [2.75, 3.05) is 7.11 Å². The normalized spacial score (nSPS) is 10.5. The molecule has 7 nitrogen and oxygen atoms in total. The van der Waals surface area contributed by atoms with Crippen molar-refractivity contribution < 1.29 is 18.8 Å². The van der Waals surface area contributed by atoms with E-state index in [0.717, 1.165) is 16.9 Å². The van der Waals surface area contributed by atoms with Crippen LogP contribution in [0.3, 0.4) is 0 Å². The molecule has 0 aliphatic rings. The first kappa shape index (κ1) is 17.9. The van der Waals surface area contributed by atoms with E-state index < -0.39 is 0 Å². The van der Waals surface area contributed by atoms with Crippen LogP contribution in [0.25, 0.3) is 11.4 Å². The topological polar surface area (TPSA) is 87.3 Å². The fraction of sp³-hybridized carbons (Fsp3) is 0.222. The number of carbonyl (C=O) groups excluding carboxylic acids is 1. The molecule has 3 rings (SSSR count). The lowest BCUT2D eigenvalue weighted by molar-refractivity contribution is -0.145. The van der Waals surface area contributed by atoms with Crippen LogP contribution < -0.4 is 4.74 Å². The largest absolute Gasteiger partial charge is 0.497 e. The first-order valence-electron chi connectivity index (χ1n) is 7.87. The number of ether oxygens (including phenoxy) is 2. The van der Waals surface area contributed by atoms with Gasteiger partial charge in [0.2, 0.25) is 11.7 Å². The van der Waals surface area contributed by atoms with Crippen LogP contribution in [0.5, 0.6) is 5.75 Å². The number of esters is 1. The fourth-order valence-corrected chi connectivity index (χ4v) is 2.26. The van der Waals surface area contributed by atoms with Gasteiger partial charge in [0.15, 0.2) is 0 Å². The van der Waals surface area contributed by atoms with Gasteiger partial charge in [0.25, 0.3) is 0 Å². The number of nitrogens with zero attached hydrogens (tertiary/aromatic N) is 3. The smallest absolute Gasteiger partial charge is 0.306 e. The SMILES string of the molecule is COc1ccc(-c2noc(CCC(=O)OCc3ccc(Cl)nc3)n2)cc1. The van der Waals surface area contributed by atoms with Gasteiger partial charge in [0, 0.05) is 23.7 Å². The molecule has 134 valence electrons. The highest BCUT2D eigenvalue weighted by molar-refractivity contribution is 6.29. The molecule has 0 atom stereocenters. The lowest BCUT2D eigenvalue weighted by atomic mass is 10.2. The van der Waals surface area contributed by atoms with Crippen LogP contribution in [0.1, 0.15) is 17.9 Å². The summed E-state index contributed by atoms with van der Waals surface area (Å²) in [5.41, 5.74) is 1.57. The zero-order chi connectivity index (χ0) is 18.4. The highest BCUT2D eigenvalue weighted by Gasteiger charge is 2.12. The summed E-state index contributed by atoms with van der Waals surface area (Å²) in [5, 5.41) is 4.31. The molecule has 3 aromatic rings. The van der Waals surface area contributed by atoms with E-state index in [1.54, 1.807) is 25.4 Å². The second-order valence-corrected chi connectivity index (χ2v) is 5.78. The molecule has 0 saturated carbocycles. The quantitative estimate of drug-likeness (QED) is 0.462. The summed E-state index contributed by atoms with van der Waals surface area (Å²) in [4.78, 5) is 20.0. The number of aromatic nitrogens is 3. The predicted octanol–water partition coefficient (Wildman–Crippen LogP) is 3.47. The van der Waals surface area contributed by atoms with Crippen LogP contribution >= 0.6 is 11.6 Å². The van der Waals surface area contributed by atoms with Crippen LogP contribution in [0, 0.1) is 0 Å². The molecule has 0 amide bonds. The molecule has 0 spiro atoms. The van der Waals surface area contributed by atoms with Gasteiger partial charge in [-0.3, -0.25) is 4.79 Å². The average Bonchev–Trinajstić information content (AvgIpc) is 3.15. The molecule has 0 saturated heterocycles. The molecular formula is C18H16ClN3O4. The van der Waals surface area contributed by atoms with Crippen molar-refractivity contribution >= 4 is 17.6 Å².